The van der Waals surface area contributed by atoms with Crippen LogP contribution in [0.4, 0.5) is 0 Å². The van der Waals surface area contributed by atoms with Gasteiger partial charge in [-0.25, -0.2) is 9.13 Å². The van der Waals surface area contributed by atoms with Gasteiger partial charge in [0.2, 0.25) is 0 Å². The predicted octanol–water partition coefficient (Wildman–Crippen LogP) is 21.4. The average Bonchev–Trinajstić information content (AvgIpc) is 3.34. The lowest BCUT2D eigenvalue weighted by molar-refractivity contribution is -0.161. The maximum atomic E-state index is 13.0. The number of hydrogen-bond donors (Lipinski definition) is 3. The Morgan fingerprint density at radius 2 is 0.435 bits per heavy atom. The van der Waals surface area contributed by atoms with E-state index in [0.717, 1.165) is 96.3 Å². The van der Waals surface area contributed by atoms with Crippen LogP contribution in [0.1, 0.15) is 387 Å². The maximum absolute atomic E-state index is 13.0. The van der Waals surface area contributed by atoms with Crippen molar-refractivity contribution in [3.8, 4) is 0 Å². The van der Waals surface area contributed by atoms with E-state index in [4.69, 9.17) is 37.0 Å². The summed E-state index contributed by atoms with van der Waals surface area (Å²) in [5.41, 5.74) is 0. The topological polar surface area (TPSA) is 237 Å². The molecule has 0 aliphatic carbocycles. The summed E-state index contributed by atoms with van der Waals surface area (Å²) in [6.07, 6.45) is 56.9. The molecule has 5 atom stereocenters. The molecular weight excluding hydrogens is 1210 g/mol. The molecule has 0 aliphatic heterocycles. The van der Waals surface area contributed by atoms with Crippen molar-refractivity contribution in [2.45, 2.75) is 406 Å². The van der Waals surface area contributed by atoms with Crippen LogP contribution in [0, 0.1) is 0 Å². The van der Waals surface area contributed by atoms with Crippen molar-refractivity contribution in [1.82, 2.24) is 0 Å². The molecule has 92 heavy (non-hydrogen) atoms. The molecule has 0 spiro atoms. The van der Waals surface area contributed by atoms with Crippen LogP contribution < -0.4 is 0 Å². The largest absolute Gasteiger partial charge is 0.472 e. The highest BCUT2D eigenvalue weighted by molar-refractivity contribution is 7.47. The molecule has 17 nitrogen and oxygen atoms in total. The summed E-state index contributed by atoms with van der Waals surface area (Å²) in [5.74, 6) is -2.12. The van der Waals surface area contributed by atoms with E-state index in [-0.39, 0.29) is 25.7 Å². The highest BCUT2D eigenvalue weighted by Gasteiger charge is 2.30. The van der Waals surface area contributed by atoms with Crippen LogP contribution in [-0.4, -0.2) is 96.7 Å². The molecule has 0 saturated carbocycles. The Hall–Kier alpha value is -1.94. The van der Waals surface area contributed by atoms with E-state index < -0.39 is 97.5 Å². The Morgan fingerprint density at radius 3 is 0.641 bits per heavy atom. The molecule has 0 aromatic carbocycles. The second-order valence-corrected chi connectivity index (χ2v) is 29.2. The third-order valence-corrected chi connectivity index (χ3v) is 19.0. The van der Waals surface area contributed by atoms with Crippen molar-refractivity contribution in [2.24, 2.45) is 0 Å². The van der Waals surface area contributed by atoms with Crippen LogP contribution in [-0.2, 0) is 65.4 Å². The third-order valence-electron chi connectivity index (χ3n) is 17.1. The van der Waals surface area contributed by atoms with Gasteiger partial charge >= 0.3 is 39.5 Å². The molecule has 0 fully saturated rings. The van der Waals surface area contributed by atoms with Crippen LogP contribution in [0.15, 0.2) is 0 Å². The van der Waals surface area contributed by atoms with Gasteiger partial charge in [0.05, 0.1) is 26.4 Å². The Labute approximate surface area is 562 Å². The fourth-order valence-corrected chi connectivity index (χ4v) is 12.8. The predicted molar refractivity (Wildman–Crippen MR) is 372 cm³/mol. The Morgan fingerprint density at radius 1 is 0.261 bits per heavy atom. The van der Waals surface area contributed by atoms with Crippen LogP contribution >= 0.6 is 15.6 Å². The lowest BCUT2D eigenvalue weighted by Crippen LogP contribution is -2.30. The minimum absolute atomic E-state index is 0.107. The van der Waals surface area contributed by atoms with E-state index >= 15 is 0 Å². The van der Waals surface area contributed by atoms with Crippen molar-refractivity contribution < 1.29 is 80.2 Å². The lowest BCUT2D eigenvalue weighted by atomic mass is 10.0. The van der Waals surface area contributed by atoms with Crippen LogP contribution in [0.2, 0.25) is 0 Å². The molecule has 3 N–H and O–H groups in total. The number of phosphoric ester groups is 2. The Balaban J connectivity index is 5.17. The number of rotatable bonds is 74. The van der Waals surface area contributed by atoms with Gasteiger partial charge in [-0.2, -0.15) is 0 Å². The first-order valence-corrected chi connectivity index (χ1v) is 41.3. The van der Waals surface area contributed by atoms with Crippen LogP contribution in [0.3, 0.4) is 0 Å². The molecule has 0 aromatic rings. The first kappa shape index (κ1) is 90.1. The Bertz CT molecular complexity index is 1760. The first-order valence-electron chi connectivity index (χ1n) is 38.3. The van der Waals surface area contributed by atoms with Crippen LogP contribution in [0.25, 0.3) is 0 Å². The normalized spacial score (nSPS) is 13.9. The number of unbranched alkanes of at least 4 members (excludes halogenated alkanes) is 48. The standard InChI is InChI=1S/C73H142O17P2/c1-5-9-13-17-21-25-28-30-31-32-33-34-35-36-38-41-44-48-52-56-60-73(78)90-69(64-84-71(76)58-54-50-46-42-40-37-29-26-22-18-14-10-6-2)66-88-92(81,82)86-62-67(74)61-85-91(79,80)87-65-68(63-83-70(75)57-53-49-45-24-20-16-12-8-4)89-72(77)59-55-51-47-43-39-27-23-19-15-11-7-3/h67-69,74H,5-66H2,1-4H3,(H,79,80)(H,81,82)/t67-,68+,69+/m0/s1. The zero-order valence-electron chi connectivity index (χ0n) is 59.5. The molecule has 0 radical (unpaired) electrons. The highest BCUT2D eigenvalue weighted by Crippen LogP contribution is 2.45. The number of hydrogen-bond acceptors (Lipinski definition) is 15. The number of esters is 4. The summed E-state index contributed by atoms with van der Waals surface area (Å²) >= 11 is 0. The minimum atomic E-state index is -4.95. The molecule has 0 bridgehead atoms. The summed E-state index contributed by atoms with van der Waals surface area (Å²) in [7, 11) is -9.90. The number of phosphoric acid groups is 2. The first-order chi connectivity index (χ1) is 44.7. The van der Waals surface area contributed by atoms with Crippen molar-refractivity contribution in [2.75, 3.05) is 39.6 Å². The smallest absolute Gasteiger partial charge is 0.462 e. The molecule has 0 saturated heterocycles. The number of aliphatic hydroxyl groups is 1. The minimum Gasteiger partial charge on any atom is -0.462 e. The van der Waals surface area contributed by atoms with E-state index in [1.54, 1.807) is 0 Å². The molecule has 0 aliphatic rings. The zero-order chi connectivity index (χ0) is 67.5. The van der Waals surface area contributed by atoms with Crippen molar-refractivity contribution in [3.63, 3.8) is 0 Å². The molecule has 19 heteroatoms. The number of carbonyl (C=O) groups is 4. The van der Waals surface area contributed by atoms with E-state index in [2.05, 4.69) is 27.7 Å². The summed E-state index contributed by atoms with van der Waals surface area (Å²) in [6, 6.07) is 0. The van der Waals surface area contributed by atoms with Gasteiger partial charge in [-0.1, -0.05) is 336 Å². The van der Waals surface area contributed by atoms with Gasteiger partial charge in [0, 0.05) is 25.7 Å². The Kier molecular flexibility index (Phi) is 66.2. The molecule has 2 unspecified atom stereocenters. The quantitative estimate of drug-likeness (QED) is 0.0222. The van der Waals surface area contributed by atoms with Gasteiger partial charge in [0.25, 0.3) is 0 Å². The second kappa shape index (κ2) is 67.6. The molecular formula is C73H142O17P2. The fraction of sp³-hybridized carbons (Fsp3) is 0.945. The summed E-state index contributed by atoms with van der Waals surface area (Å²) in [5, 5.41) is 10.6. The van der Waals surface area contributed by atoms with Gasteiger partial charge in [0.15, 0.2) is 12.2 Å². The van der Waals surface area contributed by atoms with Crippen molar-refractivity contribution >= 4 is 39.5 Å². The monoisotopic (exact) mass is 1350 g/mol. The molecule has 0 aromatic heterocycles. The lowest BCUT2D eigenvalue weighted by Gasteiger charge is -2.21. The zero-order valence-corrected chi connectivity index (χ0v) is 61.3. The average molecular weight is 1350 g/mol. The van der Waals surface area contributed by atoms with Crippen molar-refractivity contribution in [3.05, 3.63) is 0 Å². The summed E-state index contributed by atoms with van der Waals surface area (Å²) in [6.45, 7) is 4.94. The van der Waals surface area contributed by atoms with Gasteiger partial charge in [-0.05, 0) is 25.7 Å². The van der Waals surface area contributed by atoms with Gasteiger partial charge in [-0.3, -0.25) is 37.3 Å². The maximum Gasteiger partial charge on any atom is 0.472 e. The van der Waals surface area contributed by atoms with Gasteiger partial charge in [0.1, 0.15) is 19.3 Å². The van der Waals surface area contributed by atoms with E-state index in [0.29, 0.717) is 25.7 Å². The molecule has 546 valence electrons. The SMILES string of the molecule is CCCCCCCCCCCCCCCCCCCCCCC(=O)O[C@H](COC(=O)CCCCCCCCCCCCCCC)COP(=O)(O)OC[C@@H](O)COP(=O)(O)OC[C@@H](COC(=O)CCCCCCCCCC)OC(=O)CCCCCCCCCCCCC. The van der Waals surface area contributed by atoms with E-state index in [9.17, 15) is 43.2 Å². The summed E-state index contributed by atoms with van der Waals surface area (Å²) in [4.78, 5) is 72.5. The number of aliphatic hydroxyl groups excluding tert-OH is 1. The molecule has 0 rings (SSSR count). The van der Waals surface area contributed by atoms with Crippen molar-refractivity contribution in [1.29, 1.82) is 0 Å². The number of ether oxygens (including phenoxy) is 4. The van der Waals surface area contributed by atoms with E-state index in [1.165, 1.54) is 212 Å². The van der Waals surface area contributed by atoms with Crippen LogP contribution in [0.5, 0.6) is 0 Å². The van der Waals surface area contributed by atoms with Gasteiger partial charge < -0.3 is 33.8 Å². The number of carbonyl (C=O) groups excluding carboxylic acids is 4. The van der Waals surface area contributed by atoms with Gasteiger partial charge in [-0.15, -0.1) is 0 Å². The molecule has 0 amide bonds. The summed E-state index contributed by atoms with van der Waals surface area (Å²) < 4.78 is 68.3. The highest BCUT2D eigenvalue weighted by atomic mass is 31.2. The van der Waals surface area contributed by atoms with E-state index in [1.807, 2.05) is 0 Å². The second-order valence-electron chi connectivity index (χ2n) is 26.3. The molecule has 0 heterocycles. The third kappa shape index (κ3) is 66.7. The fourth-order valence-electron chi connectivity index (χ4n) is 11.2.